The van der Waals surface area contributed by atoms with Crippen LogP contribution < -0.4 is 14.8 Å². The highest BCUT2D eigenvalue weighted by molar-refractivity contribution is 9.10. The number of ketones is 1. The van der Waals surface area contributed by atoms with Crippen molar-refractivity contribution >= 4 is 33.3 Å². The molecule has 1 amide bonds. The molecule has 0 fully saturated rings. The number of hydrogen-bond donors (Lipinski definition) is 1. The zero-order valence-corrected chi connectivity index (χ0v) is 16.7. The van der Waals surface area contributed by atoms with Gasteiger partial charge in [-0.2, -0.15) is 0 Å². The van der Waals surface area contributed by atoms with Crippen molar-refractivity contribution < 1.29 is 19.1 Å². The van der Waals surface area contributed by atoms with Crippen molar-refractivity contribution in [3.05, 3.63) is 88.4 Å². The summed E-state index contributed by atoms with van der Waals surface area (Å²) in [6.07, 6.45) is 0. The molecule has 0 radical (unpaired) electrons. The van der Waals surface area contributed by atoms with Gasteiger partial charge >= 0.3 is 0 Å². The second kappa shape index (κ2) is 9.19. The Kier molecular flexibility index (Phi) is 6.45. The predicted octanol–water partition coefficient (Wildman–Crippen LogP) is 4.97. The normalized spacial score (nSPS) is 10.2. The lowest BCUT2D eigenvalue weighted by atomic mass is 10.1. The monoisotopic (exact) mass is 439 g/mol. The Morgan fingerprint density at radius 3 is 2.25 bits per heavy atom. The molecule has 28 heavy (non-hydrogen) atoms. The summed E-state index contributed by atoms with van der Waals surface area (Å²) in [6, 6.07) is 20.8. The highest BCUT2D eigenvalue weighted by Crippen LogP contribution is 2.19. The Labute approximate surface area is 171 Å². The number of methoxy groups -OCH3 is 1. The summed E-state index contributed by atoms with van der Waals surface area (Å²) in [5, 5.41) is 2.82. The van der Waals surface area contributed by atoms with Gasteiger partial charge < -0.3 is 14.8 Å². The van der Waals surface area contributed by atoms with Gasteiger partial charge in [-0.25, -0.2) is 0 Å². The summed E-state index contributed by atoms with van der Waals surface area (Å²) in [6.45, 7) is -0.101. The smallest absolute Gasteiger partial charge is 0.255 e. The number of carbonyl (C=O) groups is 2. The van der Waals surface area contributed by atoms with Crippen LogP contribution >= 0.6 is 15.9 Å². The van der Waals surface area contributed by atoms with Crippen molar-refractivity contribution in [1.82, 2.24) is 0 Å². The zero-order valence-electron chi connectivity index (χ0n) is 15.1. The molecule has 1 N–H and O–H groups in total. The largest absolute Gasteiger partial charge is 0.497 e. The van der Waals surface area contributed by atoms with Gasteiger partial charge in [0.1, 0.15) is 11.5 Å². The summed E-state index contributed by atoms with van der Waals surface area (Å²) >= 11 is 3.34. The summed E-state index contributed by atoms with van der Waals surface area (Å²) in [4.78, 5) is 24.6. The number of carbonyl (C=O) groups excluding carboxylic acids is 2. The molecule has 0 saturated carbocycles. The van der Waals surface area contributed by atoms with Gasteiger partial charge in [-0.1, -0.05) is 22.0 Å². The lowest BCUT2D eigenvalue weighted by Gasteiger charge is -2.09. The molecule has 3 rings (SSSR count). The molecule has 0 saturated heterocycles. The zero-order chi connectivity index (χ0) is 19.9. The van der Waals surface area contributed by atoms with E-state index in [0.717, 1.165) is 4.47 Å². The van der Waals surface area contributed by atoms with Crippen LogP contribution in [0.1, 0.15) is 20.7 Å². The van der Waals surface area contributed by atoms with Crippen molar-refractivity contribution in [2.75, 3.05) is 19.0 Å². The third kappa shape index (κ3) is 5.20. The number of benzene rings is 3. The lowest BCUT2D eigenvalue weighted by Crippen LogP contribution is -2.13. The van der Waals surface area contributed by atoms with E-state index in [1.165, 1.54) is 0 Å². The van der Waals surface area contributed by atoms with E-state index in [9.17, 15) is 9.59 Å². The van der Waals surface area contributed by atoms with E-state index in [2.05, 4.69) is 21.2 Å². The first-order chi connectivity index (χ1) is 13.5. The molecule has 3 aromatic carbocycles. The van der Waals surface area contributed by atoms with Crippen LogP contribution in [-0.2, 0) is 0 Å². The highest BCUT2D eigenvalue weighted by atomic mass is 79.9. The molecule has 142 valence electrons. The topological polar surface area (TPSA) is 64.6 Å². The van der Waals surface area contributed by atoms with Gasteiger partial charge in [-0.15, -0.1) is 0 Å². The van der Waals surface area contributed by atoms with Crippen molar-refractivity contribution in [2.24, 2.45) is 0 Å². The van der Waals surface area contributed by atoms with Gasteiger partial charge in [-0.3, -0.25) is 9.59 Å². The maximum absolute atomic E-state index is 12.3. The second-order valence-electron chi connectivity index (χ2n) is 5.93. The van der Waals surface area contributed by atoms with Gasteiger partial charge in [0.2, 0.25) is 0 Å². The van der Waals surface area contributed by atoms with Gasteiger partial charge in [0.05, 0.1) is 7.11 Å². The first kappa shape index (κ1) is 19.6. The third-order valence-electron chi connectivity index (χ3n) is 3.98. The molecule has 0 aromatic heterocycles. The number of anilines is 1. The van der Waals surface area contributed by atoms with E-state index in [1.807, 2.05) is 0 Å². The number of hydrogen-bond acceptors (Lipinski definition) is 4. The van der Waals surface area contributed by atoms with Crippen LogP contribution in [-0.4, -0.2) is 25.4 Å². The average Bonchev–Trinajstić information content (AvgIpc) is 2.73. The molecule has 0 unspecified atom stereocenters. The third-order valence-corrected chi connectivity index (χ3v) is 4.51. The second-order valence-corrected chi connectivity index (χ2v) is 6.84. The quantitative estimate of drug-likeness (QED) is 0.527. The average molecular weight is 440 g/mol. The first-order valence-corrected chi connectivity index (χ1v) is 9.31. The molecule has 0 atom stereocenters. The predicted molar refractivity (Wildman–Crippen MR) is 111 cm³/mol. The minimum atomic E-state index is -0.223. The van der Waals surface area contributed by atoms with Crippen LogP contribution in [0.4, 0.5) is 5.69 Å². The molecular formula is C22H18BrNO4. The van der Waals surface area contributed by atoms with E-state index >= 15 is 0 Å². The standard InChI is InChI=1S/C22H18BrNO4/c1-27-19-11-7-15(8-12-19)21(25)14-28-20-4-2-3-18(13-20)24-22(26)16-5-9-17(23)10-6-16/h2-13H,14H2,1H3,(H,24,26). The number of halogens is 1. The van der Waals surface area contributed by atoms with E-state index < -0.39 is 0 Å². The first-order valence-electron chi connectivity index (χ1n) is 8.52. The fraction of sp³-hybridized carbons (Fsp3) is 0.0909. The molecule has 5 nitrogen and oxygen atoms in total. The lowest BCUT2D eigenvalue weighted by molar-refractivity contribution is 0.0920. The fourth-order valence-corrected chi connectivity index (χ4v) is 2.74. The van der Waals surface area contributed by atoms with Gasteiger partial charge in [0, 0.05) is 27.4 Å². The summed E-state index contributed by atoms with van der Waals surface area (Å²) in [5.41, 5.74) is 1.67. The van der Waals surface area contributed by atoms with Gasteiger partial charge in [-0.05, 0) is 60.7 Å². The minimum Gasteiger partial charge on any atom is -0.497 e. The van der Waals surface area contributed by atoms with Crippen molar-refractivity contribution in [1.29, 1.82) is 0 Å². The Hall–Kier alpha value is -3.12. The van der Waals surface area contributed by atoms with Crippen LogP contribution in [0.3, 0.4) is 0 Å². The molecule has 0 heterocycles. The van der Waals surface area contributed by atoms with E-state index in [1.54, 1.807) is 79.9 Å². The van der Waals surface area contributed by atoms with Crippen LogP contribution in [0.15, 0.2) is 77.3 Å². The SMILES string of the molecule is COc1ccc(C(=O)COc2cccc(NC(=O)c3ccc(Br)cc3)c2)cc1. The number of Topliss-reactive ketones (excluding diaryl/α,β-unsaturated/α-hetero) is 1. The Bertz CT molecular complexity index is 969. The van der Waals surface area contributed by atoms with Crippen molar-refractivity contribution in [2.45, 2.75) is 0 Å². The van der Waals surface area contributed by atoms with Crippen LogP contribution in [0.5, 0.6) is 11.5 Å². The number of amides is 1. The molecule has 0 aliphatic rings. The van der Waals surface area contributed by atoms with Crippen molar-refractivity contribution in [3.8, 4) is 11.5 Å². The van der Waals surface area contributed by atoms with E-state index in [0.29, 0.717) is 28.3 Å². The molecular weight excluding hydrogens is 422 g/mol. The minimum absolute atomic E-state index is 0.101. The van der Waals surface area contributed by atoms with Crippen LogP contribution in [0.2, 0.25) is 0 Å². The maximum atomic E-state index is 12.3. The van der Waals surface area contributed by atoms with Gasteiger partial charge in [0.25, 0.3) is 5.91 Å². The molecule has 0 aliphatic heterocycles. The Morgan fingerprint density at radius 2 is 1.57 bits per heavy atom. The van der Waals surface area contributed by atoms with Gasteiger partial charge in [0.15, 0.2) is 12.4 Å². The Morgan fingerprint density at radius 1 is 0.893 bits per heavy atom. The number of nitrogens with one attached hydrogen (secondary N) is 1. The van der Waals surface area contributed by atoms with Crippen LogP contribution in [0.25, 0.3) is 0 Å². The molecule has 0 bridgehead atoms. The van der Waals surface area contributed by atoms with Crippen LogP contribution in [0, 0.1) is 0 Å². The molecule has 0 spiro atoms. The van der Waals surface area contributed by atoms with E-state index in [4.69, 9.17) is 9.47 Å². The maximum Gasteiger partial charge on any atom is 0.255 e. The molecule has 6 heteroatoms. The van der Waals surface area contributed by atoms with Crippen molar-refractivity contribution in [3.63, 3.8) is 0 Å². The molecule has 0 aliphatic carbocycles. The van der Waals surface area contributed by atoms with E-state index in [-0.39, 0.29) is 18.3 Å². The highest BCUT2D eigenvalue weighted by Gasteiger charge is 2.09. The summed E-state index contributed by atoms with van der Waals surface area (Å²) in [5.74, 6) is 0.813. The Balaban J connectivity index is 1.60. The number of rotatable bonds is 7. The summed E-state index contributed by atoms with van der Waals surface area (Å²) < 4.78 is 11.6. The fourth-order valence-electron chi connectivity index (χ4n) is 2.48. The molecule has 3 aromatic rings. The summed E-state index contributed by atoms with van der Waals surface area (Å²) in [7, 11) is 1.57. The number of ether oxygens (including phenoxy) is 2.